The van der Waals surface area contributed by atoms with E-state index in [4.69, 9.17) is 4.74 Å². The highest BCUT2D eigenvalue weighted by molar-refractivity contribution is 5.66. The largest absolute Gasteiger partial charge is 0.497 e. The molecule has 0 radical (unpaired) electrons. The zero-order valence-corrected chi connectivity index (χ0v) is 11.1. The molecule has 2 heteroatoms. The van der Waals surface area contributed by atoms with E-state index in [1.807, 2.05) is 12.1 Å². The number of benzene rings is 2. The Morgan fingerprint density at radius 3 is 1.78 bits per heavy atom. The third-order valence-corrected chi connectivity index (χ3v) is 2.76. The van der Waals surface area contributed by atoms with Gasteiger partial charge in [-0.15, -0.1) is 0 Å². The molecule has 0 aliphatic rings. The van der Waals surface area contributed by atoms with Crippen molar-refractivity contribution in [2.75, 3.05) is 12.4 Å². The van der Waals surface area contributed by atoms with Gasteiger partial charge in [-0.2, -0.15) is 0 Å². The Bertz CT molecular complexity index is 486. The fraction of sp³-hybridized carbons (Fsp3) is 0.250. The first kappa shape index (κ1) is 12.5. The number of hydrogen-bond acceptors (Lipinski definition) is 2. The van der Waals surface area contributed by atoms with Gasteiger partial charge in [0, 0.05) is 11.7 Å². The van der Waals surface area contributed by atoms with E-state index in [1.54, 1.807) is 7.11 Å². The van der Waals surface area contributed by atoms with Crippen molar-refractivity contribution in [3.05, 3.63) is 48.5 Å². The molecular weight excluding hydrogens is 222 g/mol. The summed E-state index contributed by atoms with van der Waals surface area (Å²) in [5, 5.41) is 3.38. The Hall–Kier alpha value is -1.96. The van der Waals surface area contributed by atoms with E-state index in [9.17, 15) is 0 Å². The SMILES string of the molecule is COc1ccc(-c2ccc(NC(C)C)cc2)cc1. The third kappa shape index (κ3) is 3.04. The number of ether oxygens (including phenoxy) is 1. The predicted molar refractivity (Wildman–Crippen MR) is 77.2 cm³/mol. The van der Waals surface area contributed by atoms with Gasteiger partial charge in [0.15, 0.2) is 0 Å². The van der Waals surface area contributed by atoms with Crippen LogP contribution >= 0.6 is 0 Å². The lowest BCUT2D eigenvalue weighted by Gasteiger charge is -2.10. The lowest BCUT2D eigenvalue weighted by molar-refractivity contribution is 0.415. The Labute approximate surface area is 109 Å². The summed E-state index contributed by atoms with van der Waals surface area (Å²) >= 11 is 0. The maximum absolute atomic E-state index is 5.16. The molecule has 18 heavy (non-hydrogen) atoms. The van der Waals surface area contributed by atoms with Gasteiger partial charge in [0.1, 0.15) is 5.75 Å². The van der Waals surface area contributed by atoms with Gasteiger partial charge in [-0.05, 0) is 49.2 Å². The number of nitrogens with one attached hydrogen (secondary N) is 1. The fourth-order valence-electron chi connectivity index (χ4n) is 1.88. The monoisotopic (exact) mass is 241 g/mol. The van der Waals surface area contributed by atoms with Gasteiger partial charge < -0.3 is 10.1 Å². The van der Waals surface area contributed by atoms with Gasteiger partial charge in [-0.1, -0.05) is 24.3 Å². The number of methoxy groups -OCH3 is 1. The summed E-state index contributed by atoms with van der Waals surface area (Å²) in [6.07, 6.45) is 0. The molecule has 0 heterocycles. The van der Waals surface area contributed by atoms with Crippen LogP contribution < -0.4 is 10.1 Å². The first-order chi connectivity index (χ1) is 8.69. The van der Waals surface area contributed by atoms with Crippen molar-refractivity contribution >= 4 is 5.69 Å². The highest BCUT2D eigenvalue weighted by atomic mass is 16.5. The smallest absolute Gasteiger partial charge is 0.118 e. The summed E-state index contributed by atoms with van der Waals surface area (Å²) in [5.74, 6) is 0.886. The highest BCUT2D eigenvalue weighted by Crippen LogP contribution is 2.23. The van der Waals surface area contributed by atoms with Crippen molar-refractivity contribution < 1.29 is 4.74 Å². The van der Waals surface area contributed by atoms with Crippen LogP contribution in [0, 0.1) is 0 Å². The number of rotatable bonds is 4. The van der Waals surface area contributed by atoms with E-state index in [2.05, 4.69) is 55.6 Å². The third-order valence-electron chi connectivity index (χ3n) is 2.76. The summed E-state index contributed by atoms with van der Waals surface area (Å²) in [4.78, 5) is 0. The van der Waals surface area contributed by atoms with Crippen LogP contribution in [0.4, 0.5) is 5.69 Å². The summed E-state index contributed by atoms with van der Waals surface area (Å²) < 4.78 is 5.16. The van der Waals surface area contributed by atoms with Crippen molar-refractivity contribution in [1.82, 2.24) is 0 Å². The van der Waals surface area contributed by atoms with E-state index >= 15 is 0 Å². The second-order valence-corrected chi connectivity index (χ2v) is 4.60. The van der Waals surface area contributed by atoms with Crippen LogP contribution in [-0.2, 0) is 0 Å². The van der Waals surface area contributed by atoms with E-state index in [0.717, 1.165) is 11.4 Å². The van der Waals surface area contributed by atoms with E-state index in [1.165, 1.54) is 11.1 Å². The molecule has 1 N–H and O–H groups in total. The molecule has 0 fully saturated rings. The van der Waals surface area contributed by atoms with Crippen LogP contribution in [0.3, 0.4) is 0 Å². The average molecular weight is 241 g/mol. The molecule has 2 nitrogen and oxygen atoms in total. The maximum Gasteiger partial charge on any atom is 0.118 e. The molecule has 2 aromatic carbocycles. The van der Waals surface area contributed by atoms with Crippen molar-refractivity contribution in [2.24, 2.45) is 0 Å². The summed E-state index contributed by atoms with van der Waals surface area (Å²) in [6, 6.07) is 17.0. The summed E-state index contributed by atoms with van der Waals surface area (Å²) in [5.41, 5.74) is 3.57. The lowest BCUT2D eigenvalue weighted by atomic mass is 10.1. The molecule has 0 bridgehead atoms. The molecule has 94 valence electrons. The molecule has 0 aromatic heterocycles. The minimum Gasteiger partial charge on any atom is -0.497 e. The Kier molecular flexibility index (Phi) is 3.88. The van der Waals surface area contributed by atoms with Crippen LogP contribution in [0.2, 0.25) is 0 Å². The van der Waals surface area contributed by atoms with E-state index in [0.29, 0.717) is 6.04 Å². The van der Waals surface area contributed by atoms with Crippen LogP contribution in [0.5, 0.6) is 5.75 Å². The van der Waals surface area contributed by atoms with Crippen molar-refractivity contribution in [3.8, 4) is 16.9 Å². The lowest BCUT2D eigenvalue weighted by Crippen LogP contribution is -2.09. The van der Waals surface area contributed by atoms with E-state index in [-0.39, 0.29) is 0 Å². The molecule has 0 spiro atoms. The molecule has 0 amide bonds. The van der Waals surface area contributed by atoms with Crippen LogP contribution in [0.15, 0.2) is 48.5 Å². The zero-order valence-electron chi connectivity index (χ0n) is 11.1. The van der Waals surface area contributed by atoms with Gasteiger partial charge >= 0.3 is 0 Å². The molecule has 0 atom stereocenters. The normalized spacial score (nSPS) is 10.4. The fourth-order valence-corrected chi connectivity index (χ4v) is 1.88. The zero-order chi connectivity index (χ0) is 13.0. The molecule has 0 saturated heterocycles. The summed E-state index contributed by atoms with van der Waals surface area (Å²) in [6.45, 7) is 4.27. The van der Waals surface area contributed by atoms with Crippen molar-refractivity contribution in [3.63, 3.8) is 0 Å². The molecule has 0 aliphatic heterocycles. The predicted octanol–water partition coefficient (Wildman–Crippen LogP) is 4.18. The minimum atomic E-state index is 0.455. The Morgan fingerprint density at radius 2 is 1.33 bits per heavy atom. The first-order valence-corrected chi connectivity index (χ1v) is 6.20. The first-order valence-electron chi connectivity index (χ1n) is 6.20. The van der Waals surface area contributed by atoms with Crippen LogP contribution in [-0.4, -0.2) is 13.2 Å². The maximum atomic E-state index is 5.16. The average Bonchev–Trinajstić information content (AvgIpc) is 2.39. The Morgan fingerprint density at radius 1 is 0.833 bits per heavy atom. The molecule has 0 saturated carbocycles. The van der Waals surface area contributed by atoms with Gasteiger partial charge in [-0.3, -0.25) is 0 Å². The summed E-state index contributed by atoms with van der Waals surface area (Å²) in [7, 11) is 1.68. The Balaban J connectivity index is 2.17. The molecule has 2 rings (SSSR count). The van der Waals surface area contributed by atoms with Gasteiger partial charge in [-0.25, -0.2) is 0 Å². The standard InChI is InChI=1S/C16H19NO/c1-12(2)17-15-8-4-13(5-9-15)14-6-10-16(18-3)11-7-14/h4-12,17H,1-3H3. The molecule has 0 unspecified atom stereocenters. The second kappa shape index (κ2) is 5.58. The quantitative estimate of drug-likeness (QED) is 0.867. The molecular formula is C16H19NO. The number of hydrogen-bond donors (Lipinski definition) is 1. The van der Waals surface area contributed by atoms with Gasteiger partial charge in [0.05, 0.1) is 7.11 Å². The number of anilines is 1. The van der Waals surface area contributed by atoms with Gasteiger partial charge in [0.2, 0.25) is 0 Å². The minimum absolute atomic E-state index is 0.455. The molecule has 2 aromatic rings. The van der Waals surface area contributed by atoms with Crippen molar-refractivity contribution in [2.45, 2.75) is 19.9 Å². The molecule has 0 aliphatic carbocycles. The van der Waals surface area contributed by atoms with Gasteiger partial charge in [0.25, 0.3) is 0 Å². The van der Waals surface area contributed by atoms with Crippen LogP contribution in [0.25, 0.3) is 11.1 Å². The van der Waals surface area contributed by atoms with E-state index < -0.39 is 0 Å². The second-order valence-electron chi connectivity index (χ2n) is 4.60. The topological polar surface area (TPSA) is 21.3 Å². The highest BCUT2D eigenvalue weighted by Gasteiger charge is 1.99. The van der Waals surface area contributed by atoms with Crippen LogP contribution in [0.1, 0.15) is 13.8 Å². The van der Waals surface area contributed by atoms with Crippen molar-refractivity contribution in [1.29, 1.82) is 0 Å².